The highest BCUT2D eigenvalue weighted by Gasteiger charge is 2.36. The fourth-order valence-corrected chi connectivity index (χ4v) is 6.41. The highest BCUT2D eigenvalue weighted by atomic mass is 16.6. The number of carbonyl (C=O) groups is 2. The average molecular weight is 717 g/mol. The van der Waals surface area contributed by atoms with Gasteiger partial charge in [-0.25, -0.2) is 0 Å². The second-order valence-electron chi connectivity index (χ2n) is 15.3. The molecule has 6 heteroatoms. The minimum atomic E-state index is -0.794. The van der Waals surface area contributed by atoms with Gasteiger partial charge >= 0.3 is 11.9 Å². The number of epoxide rings is 1. The van der Waals surface area contributed by atoms with Gasteiger partial charge in [-0.15, -0.1) is 0 Å². The van der Waals surface area contributed by atoms with Crippen molar-refractivity contribution in [3.8, 4) is 0 Å². The third-order valence-electron chi connectivity index (χ3n) is 9.79. The van der Waals surface area contributed by atoms with Crippen LogP contribution in [0.5, 0.6) is 0 Å². The zero-order valence-electron chi connectivity index (χ0n) is 33.5. The molecule has 1 N–H and O–H groups in total. The molecule has 0 aliphatic carbocycles. The maximum atomic E-state index is 12.2. The number of aliphatic hydroxyl groups is 1. The monoisotopic (exact) mass is 717 g/mol. The molecule has 1 aliphatic rings. The summed E-state index contributed by atoms with van der Waals surface area (Å²) in [4.78, 5) is 24.3. The summed E-state index contributed by atoms with van der Waals surface area (Å²) >= 11 is 0. The van der Waals surface area contributed by atoms with Gasteiger partial charge < -0.3 is 19.3 Å². The summed E-state index contributed by atoms with van der Waals surface area (Å²) in [7, 11) is 0. The number of unbranched alkanes of at least 4 members (excludes halogenated alkanes) is 18. The van der Waals surface area contributed by atoms with Gasteiger partial charge in [-0.05, 0) is 50.9 Å². The Kier molecular flexibility index (Phi) is 32.4. The van der Waals surface area contributed by atoms with Crippen LogP contribution in [0.4, 0.5) is 0 Å². The number of allylic oxidation sites excluding steroid dienone is 5. The molecule has 0 aromatic carbocycles. The van der Waals surface area contributed by atoms with Crippen LogP contribution in [0.2, 0.25) is 0 Å². The molecule has 0 aromatic rings. The molecular weight excluding hydrogens is 636 g/mol. The quantitative estimate of drug-likeness (QED) is 0.0298. The molecule has 0 saturated carbocycles. The van der Waals surface area contributed by atoms with Crippen LogP contribution in [-0.2, 0) is 23.8 Å². The maximum Gasteiger partial charge on any atom is 0.306 e. The summed E-state index contributed by atoms with van der Waals surface area (Å²) < 4.78 is 16.3. The van der Waals surface area contributed by atoms with Crippen molar-refractivity contribution in [2.45, 2.75) is 219 Å². The molecule has 1 aliphatic heterocycles. The van der Waals surface area contributed by atoms with Crippen molar-refractivity contribution in [2.24, 2.45) is 5.92 Å². The summed E-state index contributed by atoms with van der Waals surface area (Å²) in [5.74, 6) is 0.199. The third kappa shape index (κ3) is 32.5. The lowest BCUT2D eigenvalue weighted by Gasteiger charge is -2.15. The van der Waals surface area contributed by atoms with E-state index in [2.05, 4.69) is 57.2 Å². The first-order chi connectivity index (χ1) is 25.0. The Morgan fingerprint density at radius 1 is 0.627 bits per heavy atom. The van der Waals surface area contributed by atoms with Crippen molar-refractivity contribution >= 4 is 11.9 Å². The van der Waals surface area contributed by atoms with Crippen LogP contribution in [0.3, 0.4) is 0 Å². The number of hydrogen-bond acceptors (Lipinski definition) is 6. The molecule has 6 nitrogen and oxygen atoms in total. The van der Waals surface area contributed by atoms with Gasteiger partial charge in [0.2, 0.25) is 0 Å². The summed E-state index contributed by atoms with van der Waals surface area (Å²) in [6.07, 6.45) is 45.3. The fraction of sp³-hybridized carbons (Fsp3) is 0.822. The number of carbonyl (C=O) groups excluding carboxylic acids is 2. The van der Waals surface area contributed by atoms with E-state index in [0.717, 1.165) is 50.9 Å². The van der Waals surface area contributed by atoms with Gasteiger partial charge in [0.05, 0.1) is 18.8 Å². The molecule has 0 amide bonds. The molecular formula is C45H80O6. The molecule has 0 bridgehead atoms. The molecule has 0 aromatic heterocycles. The zero-order chi connectivity index (χ0) is 37.0. The SMILES string of the molecule is CCCCCC1OC1C/C=C\C/C=C\C/C=C\CCCC(=O)OC[C@H](CO)OC(=O)CCCCCCCCCCCCCCCCCCC(C)C. The highest BCUT2D eigenvalue weighted by Crippen LogP contribution is 2.30. The van der Waals surface area contributed by atoms with E-state index in [1.165, 1.54) is 116 Å². The molecule has 51 heavy (non-hydrogen) atoms. The molecule has 0 spiro atoms. The smallest absolute Gasteiger partial charge is 0.306 e. The highest BCUT2D eigenvalue weighted by molar-refractivity contribution is 5.70. The van der Waals surface area contributed by atoms with Crippen molar-refractivity contribution in [2.75, 3.05) is 13.2 Å². The Morgan fingerprint density at radius 2 is 1.16 bits per heavy atom. The zero-order valence-corrected chi connectivity index (χ0v) is 33.5. The molecule has 3 atom stereocenters. The van der Waals surface area contributed by atoms with E-state index in [-0.39, 0.29) is 25.2 Å². The van der Waals surface area contributed by atoms with E-state index in [9.17, 15) is 14.7 Å². The predicted octanol–water partition coefficient (Wildman–Crippen LogP) is 12.5. The summed E-state index contributed by atoms with van der Waals surface area (Å²) in [5.41, 5.74) is 0. The minimum absolute atomic E-state index is 0.0953. The third-order valence-corrected chi connectivity index (χ3v) is 9.79. The van der Waals surface area contributed by atoms with Crippen LogP contribution in [0.15, 0.2) is 36.5 Å². The lowest BCUT2D eigenvalue weighted by molar-refractivity contribution is -0.161. The first kappa shape index (κ1) is 47.1. The maximum absolute atomic E-state index is 12.2. The van der Waals surface area contributed by atoms with Crippen molar-refractivity contribution in [1.82, 2.24) is 0 Å². The van der Waals surface area contributed by atoms with Gasteiger partial charge in [0.25, 0.3) is 0 Å². The molecule has 1 rings (SSSR count). The van der Waals surface area contributed by atoms with E-state index < -0.39 is 6.10 Å². The topological polar surface area (TPSA) is 85.4 Å². The molecule has 1 heterocycles. The van der Waals surface area contributed by atoms with E-state index in [4.69, 9.17) is 14.2 Å². The Labute approximate surface area is 314 Å². The van der Waals surface area contributed by atoms with E-state index in [0.29, 0.717) is 31.5 Å². The second-order valence-corrected chi connectivity index (χ2v) is 15.3. The van der Waals surface area contributed by atoms with Gasteiger partial charge in [-0.1, -0.05) is 179 Å². The largest absolute Gasteiger partial charge is 0.462 e. The van der Waals surface area contributed by atoms with Crippen LogP contribution >= 0.6 is 0 Å². The van der Waals surface area contributed by atoms with Crippen LogP contribution in [0.1, 0.15) is 201 Å². The van der Waals surface area contributed by atoms with E-state index in [1.807, 2.05) is 0 Å². The first-order valence-electron chi connectivity index (χ1n) is 21.5. The number of hydrogen-bond donors (Lipinski definition) is 1. The van der Waals surface area contributed by atoms with Crippen molar-refractivity contribution in [3.05, 3.63) is 36.5 Å². The van der Waals surface area contributed by atoms with Gasteiger partial charge in [0.1, 0.15) is 6.61 Å². The van der Waals surface area contributed by atoms with Gasteiger partial charge in [0, 0.05) is 12.8 Å². The van der Waals surface area contributed by atoms with Crippen LogP contribution in [-0.4, -0.2) is 48.6 Å². The second kappa shape index (κ2) is 35.1. The predicted molar refractivity (Wildman–Crippen MR) is 214 cm³/mol. The Morgan fingerprint density at radius 3 is 1.73 bits per heavy atom. The minimum Gasteiger partial charge on any atom is -0.462 e. The van der Waals surface area contributed by atoms with Crippen molar-refractivity contribution < 1.29 is 28.9 Å². The molecule has 296 valence electrons. The summed E-state index contributed by atoms with van der Waals surface area (Å²) in [5, 5.41) is 9.57. The molecule has 0 radical (unpaired) electrons. The number of ether oxygens (including phenoxy) is 3. The van der Waals surface area contributed by atoms with E-state index >= 15 is 0 Å². The van der Waals surface area contributed by atoms with Gasteiger partial charge in [-0.3, -0.25) is 9.59 Å². The Balaban J connectivity index is 1.88. The van der Waals surface area contributed by atoms with Crippen LogP contribution < -0.4 is 0 Å². The van der Waals surface area contributed by atoms with Crippen molar-refractivity contribution in [3.63, 3.8) is 0 Å². The number of esters is 2. The number of rotatable bonds is 37. The summed E-state index contributed by atoms with van der Waals surface area (Å²) in [6, 6.07) is 0. The molecule has 1 saturated heterocycles. The fourth-order valence-electron chi connectivity index (χ4n) is 6.41. The first-order valence-corrected chi connectivity index (χ1v) is 21.5. The Hall–Kier alpha value is -1.92. The van der Waals surface area contributed by atoms with E-state index in [1.54, 1.807) is 0 Å². The number of aliphatic hydroxyl groups excluding tert-OH is 1. The lowest BCUT2D eigenvalue weighted by Crippen LogP contribution is -2.28. The normalized spacial score (nSPS) is 16.6. The average Bonchev–Trinajstić information content (AvgIpc) is 3.87. The van der Waals surface area contributed by atoms with Gasteiger partial charge in [-0.2, -0.15) is 0 Å². The van der Waals surface area contributed by atoms with Gasteiger partial charge in [0.15, 0.2) is 6.10 Å². The lowest BCUT2D eigenvalue weighted by atomic mass is 10.0. The molecule has 2 unspecified atom stereocenters. The van der Waals surface area contributed by atoms with Crippen molar-refractivity contribution in [1.29, 1.82) is 0 Å². The summed E-state index contributed by atoms with van der Waals surface area (Å²) in [6.45, 7) is 6.43. The standard InChI is InChI=1S/C45H80O6/c1-4-5-28-34-42-43(51-42)35-30-25-21-17-14-15-18-22-26-31-36-44(47)49-39-41(38-46)50-45(48)37-32-27-23-19-13-11-9-7-6-8-10-12-16-20-24-29-33-40(2)3/h14,17-18,22,25,30,40-43,46H,4-13,15-16,19-21,23-24,26-29,31-39H2,1-3H3/b17-14-,22-18-,30-25-/t41-,42?,43?/m0/s1. The van der Waals surface area contributed by atoms with Crippen LogP contribution in [0.25, 0.3) is 0 Å². The Bertz CT molecular complexity index is 893. The molecule has 1 fully saturated rings. The van der Waals surface area contributed by atoms with Crippen LogP contribution in [0, 0.1) is 5.92 Å².